The summed E-state index contributed by atoms with van der Waals surface area (Å²) in [5, 5.41) is 2.38. The summed E-state index contributed by atoms with van der Waals surface area (Å²) in [6, 6.07) is 9.98. The lowest BCUT2D eigenvalue weighted by Crippen LogP contribution is -2.28. The van der Waals surface area contributed by atoms with Crippen molar-refractivity contribution >= 4 is 29.6 Å². The van der Waals surface area contributed by atoms with Crippen LogP contribution in [0, 0.1) is 11.6 Å². The Balaban J connectivity index is 1.77. The third-order valence-corrected chi connectivity index (χ3v) is 3.42. The Kier molecular flexibility index (Phi) is 6.65. The van der Waals surface area contributed by atoms with E-state index in [1.165, 1.54) is 36.4 Å². The summed E-state index contributed by atoms with van der Waals surface area (Å²) in [5.74, 6) is -2.30. The molecule has 4 nitrogen and oxygen atoms in total. The maximum Gasteiger partial charge on any atom is 0.331 e. The SMILES string of the molecule is O=C(COC(=O)/C=C/c1ccc(F)c(Cl)c1)NCc1ccccc1F. The fraction of sp³-hybridized carbons (Fsp3) is 0.111. The van der Waals surface area contributed by atoms with Crippen LogP contribution in [0.4, 0.5) is 8.78 Å². The predicted octanol–water partition coefficient (Wildman–Crippen LogP) is 3.49. The van der Waals surface area contributed by atoms with E-state index in [4.69, 9.17) is 16.3 Å². The molecule has 130 valence electrons. The molecule has 1 N–H and O–H groups in total. The van der Waals surface area contributed by atoms with Crippen LogP contribution in [0.3, 0.4) is 0 Å². The Morgan fingerprint density at radius 3 is 2.60 bits per heavy atom. The van der Waals surface area contributed by atoms with E-state index in [9.17, 15) is 18.4 Å². The zero-order valence-corrected chi connectivity index (χ0v) is 13.7. The fourth-order valence-electron chi connectivity index (χ4n) is 1.85. The van der Waals surface area contributed by atoms with E-state index in [-0.39, 0.29) is 11.6 Å². The van der Waals surface area contributed by atoms with Crippen LogP contribution in [0.2, 0.25) is 5.02 Å². The number of nitrogens with one attached hydrogen (secondary N) is 1. The second kappa shape index (κ2) is 8.94. The third kappa shape index (κ3) is 6.00. The fourth-order valence-corrected chi connectivity index (χ4v) is 2.04. The molecule has 2 aromatic rings. The molecule has 1 amide bonds. The molecule has 0 aliphatic rings. The molecule has 2 aromatic carbocycles. The van der Waals surface area contributed by atoms with Crippen LogP contribution in [-0.4, -0.2) is 18.5 Å². The van der Waals surface area contributed by atoms with Crippen molar-refractivity contribution in [1.29, 1.82) is 0 Å². The van der Waals surface area contributed by atoms with Crippen LogP contribution in [0.5, 0.6) is 0 Å². The first kappa shape index (κ1) is 18.6. The van der Waals surface area contributed by atoms with Gasteiger partial charge in [0, 0.05) is 18.2 Å². The van der Waals surface area contributed by atoms with Crippen LogP contribution < -0.4 is 5.32 Å². The lowest BCUT2D eigenvalue weighted by atomic mass is 10.2. The molecule has 0 aliphatic carbocycles. The minimum atomic E-state index is -0.749. The van der Waals surface area contributed by atoms with Gasteiger partial charge in [-0.1, -0.05) is 35.9 Å². The number of carbonyl (C=O) groups is 2. The number of ether oxygens (including phenoxy) is 1. The Morgan fingerprint density at radius 1 is 1.12 bits per heavy atom. The Morgan fingerprint density at radius 2 is 1.88 bits per heavy atom. The molecule has 0 unspecified atom stereocenters. The molecule has 25 heavy (non-hydrogen) atoms. The molecule has 2 rings (SSSR count). The first-order valence-corrected chi connectivity index (χ1v) is 7.63. The van der Waals surface area contributed by atoms with Gasteiger partial charge in [-0.3, -0.25) is 4.79 Å². The van der Waals surface area contributed by atoms with E-state index >= 15 is 0 Å². The number of esters is 1. The highest BCUT2D eigenvalue weighted by atomic mass is 35.5. The summed E-state index contributed by atoms with van der Waals surface area (Å²) in [6.07, 6.45) is 2.47. The molecule has 0 heterocycles. The van der Waals surface area contributed by atoms with Gasteiger partial charge in [-0.15, -0.1) is 0 Å². The van der Waals surface area contributed by atoms with Gasteiger partial charge in [0.1, 0.15) is 11.6 Å². The summed E-state index contributed by atoms with van der Waals surface area (Å²) in [7, 11) is 0. The van der Waals surface area contributed by atoms with Gasteiger partial charge in [0.05, 0.1) is 5.02 Å². The smallest absolute Gasteiger partial charge is 0.331 e. The van der Waals surface area contributed by atoms with Gasteiger partial charge in [0.25, 0.3) is 5.91 Å². The molecular formula is C18H14ClF2NO3. The number of hydrogen-bond donors (Lipinski definition) is 1. The first-order chi connectivity index (χ1) is 12.0. The number of rotatable bonds is 6. The van der Waals surface area contributed by atoms with E-state index in [2.05, 4.69) is 5.32 Å². The summed E-state index contributed by atoms with van der Waals surface area (Å²) in [4.78, 5) is 23.1. The average molecular weight is 366 g/mol. The third-order valence-electron chi connectivity index (χ3n) is 3.13. The first-order valence-electron chi connectivity index (χ1n) is 7.25. The second-order valence-corrected chi connectivity index (χ2v) is 5.39. The molecule has 0 radical (unpaired) electrons. The molecule has 0 saturated heterocycles. The number of hydrogen-bond acceptors (Lipinski definition) is 3. The molecular weight excluding hydrogens is 352 g/mol. The maximum atomic E-state index is 13.4. The number of amides is 1. The van der Waals surface area contributed by atoms with Gasteiger partial charge < -0.3 is 10.1 Å². The van der Waals surface area contributed by atoms with Gasteiger partial charge in [-0.25, -0.2) is 13.6 Å². The van der Waals surface area contributed by atoms with Crippen LogP contribution in [0.1, 0.15) is 11.1 Å². The standard InChI is InChI=1S/C18H14ClF2NO3/c19-14-9-12(5-7-16(14)21)6-8-18(24)25-11-17(23)22-10-13-3-1-2-4-15(13)20/h1-9H,10-11H2,(H,22,23)/b8-6+. The molecule has 0 spiro atoms. The zero-order chi connectivity index (χ0) is 18.2. The highest BCUT2D eigenvalue weighted by Crippen LogP contribution is 2.16. The largest absolute Gasteiger partial charge is 0.452 e. The van der Waals surface area contributed by atoms with E-state index in [0.29, 0.717) is 11.1 Å². The molecule has 0 aliphatic heterocycles. The Labute approximate surface area is 148 Å². The quantitative estimate of drug-likeness (QED) is 0.629. The highest BCUT2D eigenvalue weighted by Gasteiger charge is 2.07. The lowest BCUT2D eigenvalue weighted by Gasteiger charge is -2.06. The van der Waals surface area contributed by atoms with E-state index < -0.39 is 30.1 Å². The average Bonchev–Trinajstić information content (AvgIpc) is 2.60. The summed E-state index contributed by atoms with van der Waals surface area (Å²) >= 11 is 5.62. The van der Waals surface area contributed by atoms with Crippen molar-refractivity contribution in [3.63, 3.8) is 0 Å². The van der Waals surface area contributed by atoms with Crippen LogP contribution >= 0.6 is 11.6 Å². The maximum absolute atomic E-state index is 13.4. The van der Waals surface area contributed by atoms with Gasteiger partial charge in [-0.2, -0.15) is 0 Å². The molecule has 7 heteroatoms. The summed E-state index contributed by atoms with van der Waals surface area (Å²) < 4.78 is 31.2. The van der Waals surface area contributed by atoms with Crippen molar-refractivity contribution in [1.82, 2.24) is 5.32 Å². The molecule has 0 saturated carbocycles. The lowest BCUT2D eigenvalue weighted by molar-refractivity contribution is -0.143. The normalized spacial score (nSPS) is 10.7. The molecule has 0 aromatic heterocycles. The predicted molar refractivity (Wildman–Crippen MR) is 89.6 cm³/mol. The second-order valence-electron chi connectivity index (χ2n) is 4.98. The Bertz CT molecular complexity index is 809. The van der Waals surface area contributed by atoms with Gasteiger partial charge in [-0.05, 0) is 29.8 Å². The van der Waals surface area contributed by atoms with Crippen molar-refractivity contribution in [2.75, 3.05) is 6.61 Å². The van der Waals surface area contributed by atoms with Crippen LogP contribution in [-0.2, 0) is 20.9 Å². The van der Waals surface area contributed by atoms with E-state index in [1.807, 2.05) is 0 Å². The van der Waals surface area contributed by atoms with Crippen molar-refractivity contribution in [3.8, 4) is 0 Å². The van der Waals surface area contributed by atoms with Crippen LogP contribution in [0.15, 0.2) is 48.5 Å². The molecule has 0 bridgehead atoms. The Hall–Kier alpha value is -2.73. The van der Waals surface area contributed by atoms with Crippen molar-refractivity contribution in [3.05, 3.63) is 76.3 Å². The van der Waals surface area contributed by atoms with Crippen molar-refractivity contribution in [2.24, 2.45) is 0 Å². The van der Waals surface area contributed by atoms with Gasteiger partial charge in [0.2, 0.25) is 0 Å². The number of carbonyl (C=O) groups excluding carboxylic acids is 2. The van der Waals surface area contributed by atoms with E-state index in [0.717, 1.165) is 6.08 Å². The summed E-state index contributed by atoms with van der Waals surface area (Å²) in [5.41, 5.74) is 0.836. The van der Waals surface area contributed by atoms with Crippen LogP contribution in [0.25, 0.3) is 6.08 Å². The van der Waals surface area contributed by atoms with Crippen molar-refractivity contribution < 1.29 is 23.1 Å². The molecule has 0 fully saturated rings. The number of halogens is 3. The summed E-state index contributed by atoms with van der Waals surface area (Å²) in [6.45, 7) is -0.505. The minimum Gasteiger partial charge on any atom is -0.452 e. The number of benzene rings is 2. The zero-order valence-electron chi connectivity index (χ0n) is 13.0. The minimum absolute atomic E-state index is 0.00697. The molecule has 0 atom stereocenters. The monoisotopic (exact) mass is 365 g/mol. The van der Waals surface area contributed by atoms with Crippen molar-refractivity contribution in [2.45, 2.75) is 6.54 Å². The highest BCUT2D eigenvalue weighted by molar-refractivity contribution is 6.30. The topological polar surface area (TPSA) is 55.4 Å². The van der Waals surface area contributed by atoms with Gasteiger partial charge in [0.15, 0.2) is 6.61 Å². The van der Waals surface area contributed by atoms with E-state index in [1.54, 1.807) is 12.1 Å². The van der Waals surface area contributed by atoms with Gasteiger partial charge >= 0.3 is 5.97 Å².